The van der Waals surface area contributed by atoms with Crippen molar-refractivity contribution in [2.24, 2.45) is 11.8 Å². The number of benzene rings is 1. The second-order valence-electron chi connectivity index (χ2n) is 8.45. The van der Waals surface area contributed by atoms with Crippen LogP contribution in [0, 0.1) is 11.8 Å². The number of urea groups is 1. The van der Waals surface area contributed by atoms with Crippen molar-refractivity contribution < 1.29 is 37.7 Å². The Morgan fingerprint density at radius 1 is 1.24 bits per heavy atom. The Morgan fingerprint density at radius 3 is 2.55 bits per heavy atom. The average molecular weight is 489 g/mol. The number of hydrogen-bond donors (Lipinski definition) is 2. The third kappa shape index (κ3) is 5.47. The van der Waals surface area contributed by atoms with Gasteiger partial charge in [0.1, 0.15) is 5.75 Å². The molecule has 3 unspecified atom stereocenters. The molecule has 11 heteroatoms. The topological polar surface area (TPSA) is 90.3 Å². The first-order valence-corrected chi connectivity index (χ1v) is 11.5. The quantitative estimate of drug-likeness (QED) is 0.581. The molecular weight excluding hydrogens is 461 g/mol. The van der Waals surface area contributed by atoms with Crippen LogP contribution in [0.3, 0.4) is 0 Å². The first-order chi connectivity index (χ1) is 15.4. The second-order valence-corrected chi connectivity index (χ2v) is 9.58. The van der Waals surface area contributed by atoms with Crippen LogP contribution in [-0.2, 0) is 4.79 Å². The first-order valence-electron chi connectivity index (χ1n) is 10.6. The number of fused-ring (bicyclic) bond motifs is 1. The maximum absolute atomic E-state index is 13.4. The number of halogens is 3. The van der Waals surface area contributed by atoms with Gasteiger partial charge in [0.05, 0.1) is 17.4 Å². The van der Waals surface area contributed by atoms with Gasteiger partial charge >= 0.3 is 12.4 Å². The SMILES string of the molecule is CC(C)CC(O)C1=C(c2cccc(OC(F)(F)F)c2)SC2C1C(=O)N(CCCO)C(=O)N2C. The normalized spacial score (nSPS) is 22.3. The summed E-state index contributed by atoms with van der Waals surface area (Å²) in [6, 6.07) is 4.86. The molecule has 0 saturated carbocycles. The third-order valence-electron chi connectivity index (χ3n) is 5.49. The van der Waals surface area contributed by atoms with Crippen molar-refractivity contribution in [3.8, 4) is 5.75 Å². The van der Waals surface area contributed by atoms with Gasteiger partial charge in [0.15, 0.2) is 0 Å². The molecular formula is C22H27F3N2O5S. The summed E-state index contributed by atoms with van der Waals surface area (Å²) < 4.78 is 42.3. The molecule has 1 aromatic carbocycles. The van der Waals surface area contributed by atoms with Gasteiger partial charge in [0.25, 0.3) is 0 Å². The Balaban J connectivity index is 2.08. The predicted octanol–water partition coefficient (Wildman–Crippen LogP) is 3.67. The van der Waals surface area contributed by atoms with Gasteiger partial charge in [0.2, 0.25) is 5.91 Å². The molecule has 0 aromatic heterocycles. The van der Waals surface area contributed by atoms with Crippen LogP contribution >= 0.6 is 11.8 Å². The molecule has 2 N–H and O–H groups in total. The fraction of sp³-hybridized carbons (Fsp3) is 0.545. The van der Waals surface area contributed by atoms with Crippen LogP contribution in [0.4, 0.5) is 18.0 Å². The lowest BCUT2D eigenvalue weighted by Crippen LogP contribution is -2.59. The molecule has 0 radical (unpaired) electrons. The largest absolute Gasteiger partial charge is 0.573 e. The summed E-state index contributed by atoms with van der Waals surface area (Å²) in [5.74, 6) is -1.67. The molecule has 33 heavy (non-hydrogen) atoms. The van der Waals surface area contributed by atoms with Crippen molar-refractivity contribution in [1.82, 2.24) is 9.80 Å². The molecule has 1 saturated heterocycles. The number of amides is 3. The average Bonchev–Trinajstić information content (AvgIpc) is 3.12. The van der Waals surface area contributed by atoms with Gasteiger partial charge in [-0.2, -0.15) is 0 Å². The Bertz CT molecular complexity index is 937. The Morgan fingerprint density at radius 2 is 1.94 bits per heavy atom. The van der Waals surface area contributed by atoms with E-state index in [1.54, 1.807) is 13.1 Å². The van der Waals surface area contributed by atoms with Gasteiger partial charge in [-0.1, -0.05) is 37.7 Å². The molecule has 3 rings (SSSR count). The molecule has 7 nitrogen and oxygen atoms in total. The van der Waals surface area contributed by atoms with Crippen LogP contribution in [0.15, 0.2) is 29.8 Å². The van der Waals surface area contributed by atoms with E-state index in [2.05, 4.69) is 4.74 Å². The summed E-state index contributed by atoms with van der Waals surface area (Å²) in [6.45, 7) is 3.66. The minimum atomic E-state index is -4.86. The Kier molecular flexibility index (Phi) is 7.65. The molecule has 0 spiro atoms. The maximum Gasteiger partial charge on any atom is 0.573 e. The van der Waals surface area contributed by atoms with E-state index < -0.39 is 41.4 Å². The molecule has 1 aromatic rings. The van der Waals surface area contributed by atoms with Crippen LogP contribution in [0.5, 0.6) is 5.75 Å². The molecule has 2 aliphatic heterocycles. The lowest BCUT2D eigenvalue weighted by molar-refractivity contribution is -0.274. The van der Waals surface area contributed by atoms with E-state index in [9.17, 15) is 27.9 Å². The predicted molar refractivity (Wildman–Crippen MR) is 117 cm³/mol. The van der Waals surface area contributed by atoms with Gasteiger partial charge in [-0.25, -0.2) is 4.79 Å². The summed E-state index contributed by atoms with van der Waals surface area (Å²) in [7, 11) is 1.55. The van der Waals surface area contributed by atoms with Crippen molar-refractivity contribution in [3.05, 3.63) is 35.4 Å². The maximum atomic E-state index is 13.4. The van der Waals surface area contributed by atoms with Gasteiger partial charge < -0.3 is 19.8 Å². The highest BCUT2D eigenvalue weighted by Crippen LogP contribution is 2.52. The number of aliphatic hydroxyl groups excluding tert-OH is 2. The molecule has 182 valence electrons. The standard InChI is InChI=1S/C22H27F3N2O5S/c1-12(2)10-15(29)16-17-19(30)27(8-5-9-28)21(31)26(3)20(17)33-18(16)13-6-4-7-14(11-13)32-22(23,24)25/h4,6-7,11-12,15,17,20,28-29H,5,8-10H2,1-3H3. The van der Waals surface area contributed by atoms with Crippen molar-refractivity contribution in [1.29, 1.82) is 0 Å². The number of nitrogens with zero attached hydrogens (tertiary/aromatic N) is 2. The number of carbonyl (C=O) groups is 2. The lowest BCUT2D eigenvalue weighted by Gasteiger charge is -2.40. The van der Waals surface area contributed by atoms with Crippen LogP contribution in [-0.4, -0.2) is 70.0 Å². The monoisotopic (exact) mass is 488 g/mol. The lowest BCUT2D eigenvalue weighted by atomic mass is 9.86. The summed E-state index contributed by atoms with van der Waals surface area (Å²) in [4.78, 5) is 29.1. The van der Waals surface area contributed by atoms with Gasteiger partial charge in [-0.05, 0) is 42.0 Å². The molecule has 2 aliphatic rings. The summed E-state index contributed by atoms with van der Waals surface area (Å²) >= 11 is 1.17. The van der Waals surface area contributed by atoms with E-state index in [0.717, 1.165) is 4.90 Å². The number of hydrogen-bond acceptors (Lipinski definition) is 6. The van der Waals surface area contributed by atoms with Crippen LogP contribution in [0.25, 0.3) is 4.91 Å². The summed E-state index contributed by atoms with van der Waals surface area (Å²) in [5.41, 5.74) is 0.755. The zero-order valence-electron chi connectivity index (χ0n) is 18.5. The Hall–Kier alpha value is -2.24. The van der Waals surface area contributed by atoms with Crippen molar-refractivity contribution >= 4 is 28.6 Å². The van der Waals surface area contributed by atoms with Gasteiger partial charge in [-0.15, -0.1) is 13.2 Å². The zero-order valence-corrected chi connectivity index (χ0v) is 19.3. The van der Waals surface area contributed by atoms with E-state index >= 15 is 0 Å². The number of ether oxygens (including phenoxy) is 1. The van der Waals surface area contributed by atoms with E-state index in [1.807, 2.05) is 13.8 Å². The number of aliphatic hydroxyl groups is 2. The molecule has 3 atom stereocenters. The molecule has 0 bridgehead atoms. The van der Waals surface area contributed by atoms with Crippen LogP contribution < -0.4 is 4.74 Å². The van der Waals surface area contributed by atoms with Crippen molar-refractivity contribution in [2.75, 3.05) is 20.2 Å². The number of carbonyl (C=O) groups excluding carboxylic acids is 2. The van der Waals surface area contributed by atoms with Crippen LogP contribution in [0.1, 0.15) is 32.3 Å². The fourth-order valence-electron chi connectivity index (χ4n) is 4.11. The summed E-state index contributed by atoms with van der Waals surface area (Å²) in [5, 5.41) is 19.6. The molecule has 1 fully saturated rings. The number of thioether (sulfide) groups is 1. The van der Waals surface area contributed by atoms with E-state index in [4.69, 9.17) is 5.11 Å². The van der Waals surface area contributed by atoms with Crippen molar-refractivity contribution in [3.63, 3.8) is 0 Å². The minimum Gasteiger partial charge on any atom is -0.406 e. The molecule has 2 heterocycles. The smallest absolute Gasteiger partial charge is 0.406 e. The highest BCUT2D eigenvalue weighted by Gasteiger charge is 2.52. The summed E-state index contributed by atoms with van der Waals surface area (Å²) in [6.07, 6.45) is -5.34. The highest BCUT2D eigenvalue weighted by molar-refractivity contribution is 8.09. The zero-order chi connectivity index (χ0) is 24.5. The van der Waals surface area contributed by atoms with E-state index in [0.29, 0.717) is 22.5 Å². The number of alkyl halides is 3. The van der Waals surface area contributed by atoms with Gasteiger partial charge in [0, 0.05) is 25.1 Å². The van der Waals surface area contributed by atoms with E-state index in [1.165, 1.54) is 34.9 Å². The minimum absolute atomic E-state index is 0.0319. The number of rotatable bonds is 8. The van der Waals surface area contributed by atoms with Crippen LogP contribution in [0.2, 0.25) is 0 Å². The third-order valence-corrected chi connectivity index (χ3v) is 7.03. The van der Waals surface area contributed by atoms with Crippen molar-refractivity contribution in [2.45, 2.75) is 44.5 Å². The second kappa shape index (κ2) is 9.94. The Labute approximate surface area is 194 Å². The van der Waals surface area contributed by atoms with E-state index in [-0.39, 0.29) is 25.5 Å². The highest BCUT2D eigenvalue weighted by atomic mass is 32.2. The molecule has 3 amide bonds. The molecule has 0 aliphatic carbocycles. The van der Waals surface area contributed by atoms with Gasteiger partial charge in [-0.3, -0.25) is 9.69 Å². The fourth-order valence-corrected chi connectivity index (χ4v) is 5.66. The number of imide groups is 1. The first kappa shape index (κ1) is 25.4.